The number of rotatable bonds is 7. The molecule has 1 aliphatic rings. The average molecular weight is 482 g/mol. The van der Waals surface area contributed by atoms with E-state index in [4.69, 9.17) is 4.74 Å². The SMILES string of the molecule is CCNC(=NCC(C)c1ccc(F)c(F)c1)NCCN1CCOCC1.I. The molecule has 148 valence electrons. The van der Waals surface area contributed by atoms with Crippen molar-refractivity contribution in [3.8, 4) is 0 Å². The van der Waals surface area contributed by atoms with E-state index in [9.17, 15) is 8.78 Å². The van der Waals surface area contributed by atoms with Gasteiger partial charge in [0.1, 0.15) is 0 Å². The molecule has 0 saturated carbocycles. The number of ether oxygens (including phenoxy) is 1. The van der Waals surface area contributed by atoms with Crippen LogP contribution in [0.15, 0.2) is 23.2 Å². The molecule has 0 radical (unpaired) electrons. The summed E-state index contributed by atoms with van der Waals surface area (Å²) in [5.41, 5.74) is 0.742. The van der Waals surface area contributed by atoms with E-state index in [2.05, 4.69) is 20.5 Å². The predicted octanol–water partition coefficient (Wildman–Crippen LogP) is 2.57. The Morgan fingerprint density at radius 1 is 1.23 bits per heavy atom. The zero-order valence-electron chi connectivity index (χ0n) is 15.4. The van der Waals surface area contributed by atoms with Crippen molar-refractivity contribution in [3.63, 3.8) is 0 Å². The van der Waals surface area contributed by atoms with Crippen LogP contribution in [0.5, 0.6) is 0 Å². The van der Waals surface area contributed by atoms with Gasteiger partial charge in [-0.3, -0.25) is 9.89 Å². The highest BCUT2D eigenvalue weighted by molar-refractivity contribution is 14.0. The summed E-state index contributed by atoms with van der Waals surface area (Å²) >= 11 is 0. The van der Waals surface area contributed by atoms with Crippen LogP contribution in [-0.2, 0) is 4.74 Å². The Kier molecular flexibility index (Phi) is 11.0. The number of guanidine groups is 1. The number of aliphatic imine (C=N–C) groups is 1. The lowest BCUT2D eigenvalue weighted by molar-refractivity contribution is 0.0389. The molecule has 5 nitrogen and oxygen atoms in total. The van der Waals surface area contributed by atoms with Gasteiger partial charge in [-0.2, -0.15) is 0 Å². The van der Waals surface area contributed by atoms with Gasteiger partial charge in [0.25, 0.3) is 0 Å². The first-order chi connectivity index (χ1) is 12.1. The van der Waals surface area contributed by atoms with E-state index in [1.54, 1.807) is 6.07 Å². The standard InChI is InChI=1S/C18H28F2N4O.HI/c1-3-21-18(22-6-7-24-8-10-25-11-9-24)23-13-14(2)15-4-5-16(19)17(20)12-15;/h4-5,12,14H,3,6-11,13H2,1-2H3,(H2,21,22,23);1H. The first-order valence-electron chi connectivity index (χ1n) is 8.87. The van der Waals surface area contributed by atoms with Gasteiger partial charge in [0.15, 0.2) is 17.6 Å². The van der Waals surface area contributed by atoms with Crippen LogP contribution in [0.2, 0.25) is 0 Å². The summed E-state index contributed by atoms with van der Waals surface area (Å²) in [6.45, 7) is 10.5. The quantitative estimate of drug-likeness (QED) is 0.357. The van der Waals surface area contributed by atoms with E-state index in [1.165, 1.54) is 6.07 Å². The number of nitrogens with one attached hydrogen (secondary N) is 2. The molecule has 1 atom stereocenters. The summed E-state index contributed by atoms with van der Waals surface area (Å²) in [5, 5.41) is 6.53. The Labute approximate surface area is 171 Å². The minimum atomic E-state index is -0.822. The third-order valence-electron chi connectivity index (χ3n) is 4.20. The Balaban J connectivity index is 0.00000338. The molecule has 1 unspecified atom stereocenters. The van der Waals surface area contributed by atoms with Crippen LogP contribution < -0.4 is 10.6 Å². The fourth-order valence-electron chi connectivity index (χ4n) is 2.65. The molecule has 1 heterocycles. The van der Waals surface area contributed by atoms with Crippen molar-refractivity contribution in [1.82, 2.24) is 15.5 Å². The van der Waals surface area contributed by atoms with E-state index < -0.39 is 11.6 Å². The second kappa shape index (κ2) is 12.4. The molecule has 26 heavy (non-hydrogen) atoms. The van der Waals surface area contributed by atoms with E-state index in [-0.39, 0.29) is 29.9 Å². The van der Waals surface area contributed by atoms with Gasteiger partial charge in [-0.05, 0) is 24.6 Å². The highest BCUT2D eigenvalue weighted by Gasteiger charge is 2.11. The molecule has 0 amide bonds. The second-order valence-electron chi connectivity index (χ2n) is 6.18. The van der Waals surface area contributed by atoms with Gasteiger partial charge < -0.3 is 15.4 Å². The molecule has 2 N–H and O–H groups in total. The third kappa shape index (κ3) is 7.71. The lowest BCUT2D eigenvalue weighted by Gasteiger charge is -2.26. The fourth-order valence-corrected chi connectivity index (χ4v) is 2.65. The van der Waals surface area contributed by atoms with Crippen LogP contribution in [0.4, 0.5) is 8.78 Å². The van der Waals surface area contributed by atoms with Gasteiger partial charge in [-0.25, -0.2) is 8.78 Å². The Hall–Kier alpha value is -1.00. The molecule has 1 aromatic rings. The van der Waals surface area contributed by atoms with Gasteiger partial charge >= 0.3 is 0 Å². The number of morpholine rings is 1. The average Bonchev–Trinajstić information content (AvgIpc) is 2.62. The van der Waals surface area contributed by atoms with Gasteiger partial charge in [0, 0.05) is 45.2 Å². The predicted molar refractivity (Wildman–Crippen MR) is 111 cm³/mol. The van der Waals surface area contributed by atoms with Gasteiger partial charge in [0.05, 0.1) is 13.2 Å². The lowest BCUT2D eigenvalue weighted by atomic mass is 10.0. The minimum absolute atomic E-state index is 0. The van der Waals surface area contributed by atoms with Crippen LogP contribution in [0.1, 0.15) is 25.3 Å². The molecule has 1 aromatic carbocycles. The van der Waals surface area contributed by atoms with Crippen LogP contribution in [-0.4, -0.2) is 63.3 Å². The molecular weight excluding hydrogens is 453 g/mol. The smallest absolute Gasteiger partial charge is 0.191 e. The zero-order valence-corrected chi connectivity index (χ0v) is 17.8. The fraction of sp³-hybridized carbons (Fsp3) is 0.611. The topological polar surface area (TPSA) is 48.9 Å². The molecular formula is C18H29F2IN4O. The lowest BCUT2D eigenvalue weighted by Crippen LogP contribution is -2.44. The third-order valence-corrected chi connectivity index (χ3v) is 4.20. The molecule has 0 aromatic heterocycles. The van der Waals surface area contributed by atoms with Crippen molar-refractivity contribution in [2.75, 3.05) is 52.5 Å². The first-order valence-corrected chi connectivity index (χ1v) is 8.87. The highest BCUT2D eigenvalue weighted by atomic mass is 127. The van der Waals surface area contributed by atoms with Crippen molar-refractivity contribution in [2.45, 2.75) is 19.8 Å². The maximum Gasteiger partial charge on any atom is 0.191 e. The molecule has 1 fully saturated rings. The monoisotopic (exact) mass is 482 g/mol. The molecule has 0 bridgehead atoms. The van der Waals surface area contributed by atoms with Crippen LogP contribution in [0.3, 0.4) is 0 Å². The molecule has 0 spiro atoms. The van der Waals surface area contributed by atoms with Crippen LogP contribution in [0, 0.1) is 11.6 Å². The highest BCUT2D eigenvalue weighted by Crippen LogP contribution is 2.18. The number of hydrogen-bond acceptors (Lipinski definition) is 3. The Morgan fingerprint density at radius 2 is 1.96 bits per heavy atom. The number of benzene rings is 1. The van der Waals surface area contributed by atoms with Crippen molar-refractivity contribution in [2.24, 2.45) is 4.99 Å². The summed E-state index contributed by atoms with van der Waals surface area (Å²) < 4.78 is 31.7. The molecule has 1 saturated heterocycles. The van der Waals surface area contributed by atoms with Crippen LogP contribution in [0.25, 0.3) is 0 Å². The summed E-state index contributed by atoms with van der Waals surface area (Å²) in [5.74, 6) is -0.892. The maximum atomic E-state index is 13.4. The van der Waals surface area contributed by atoms with Gasteiger partial charge in [-0.1, -0.05) is 13.0 Å². The first kappa shape index (κ1) is 23.0. The summed E-state index contributed by atoms with van der Waals surface area (Å²) in [6.07, 6.45) is 0. The molecule has 1 aliphatic heterocycles. The van der Waals surface area contributed by atoms with Gasteiger partial charge in [0.2, 0.25) is 0 Å². The number of hydrogen-bond donors (Lipinski definition) is 2. The normalized spacial score (nSPS) is 16.7. The minimum Gasteiger partial charge on any atom is -0.379 e. The van der Waals surface area contributed by atoms with Gasteiger partial charge in [-0.15, -0.1) is 24.0 Å². The molecule has 2 rings (SSSR count). The van der Waals surface area contributed by atoms with E-state index in [1.807, 2.05) is 13.8 Å². The van der Waals surface area contributed by atoms with Crippen LogP contribution >= 0.6 is 24.0 Å². The largest absolute Gasteiger partial charge is 0.379 e. The summed E-state index contributed by atoms with van der Waals surface area (Å²) in [6, 6.07) is 4.02. The maximum absolute atomic E-state index is 13.4. The number of halogens is 3. The summed E-state index contributed by atoms with van der Waals surface area (Å²) in [4.78, 5) is 6.91. The van der Waals surface area contributed by atoms with E-state index in [0.717, 1.165) is 63.5 Å². The van der Waals surface area contributed by atoms with Crippen molar-refractivity contribution < 1.29 is 13.5 Å². The summed E-state index contributed by atoms with van der Waals surface area (Å²) in [7, 11) is 0. The van der Waals surface area contributed by atoms with E-state index in [0.29, 0.717) is 6.54 Å². The Bertz CT molecular complexity index is 568. The van der Waals surface area contributed by atoms with Crippen molar-refractivity contribution in [1.29, 1.82) is 0 Å². The second-order valence-corrected chi connectivity index (χ2v) is 6.18. The van der Waals surface area contributed by atoms with E-state index >= 15 is 0 Å². The van der Waals surface area contributed by atoms with Crippen molar-refractivity contribution >= 4 is 29.9 Å². The van der Waals surface area contributed by atoms with Crippen molar-refractivity contribution in [3.05, 3.63) is 35.4 Å². The Morgan fingerprint density at radius 3 is 2.62 bits per heavy atom. The molecule has 0 aliphatic carbocycles. The molecule has 8 heteroatoms. The zero-order chi connectivity index (χ0) is 18.1. The number of nitrogens with zero attached hydrogens (tertiary/aromatic N) is 2.